The second-order valence-corrected chi connectivity index (χ2v) is 5.18. The molecule has 0 aliphatic carbocycles. The molecule has 0 amide bonds. The smallest absolute Gasteiger partial charge is 0.198 e. The first-order chi connectivity index (χ1) is 10.4. The summed E-state index contributed by atoms with van der Waals surface area (Å²) < 4.78 is 11.3. The van der Waals surface area contributed by atoms with Crippen LogP contribution in [0.15, 0.2) is 24.3 Å². The van der Waals surface area contributed by atoms with E-state index in [4.69, 9.17) is 9.47 Å². The minimum atomic E-state index is 0.532. The highest BCUT2D eigenvalue weighted by Crippen LogP contribution is 2.18. The number of hydrogen-bond acceptors (Lipinski definition) is 3. The lowest BCUT2D eigenvalue weighted by Crippen LogP contribution is -1.99. The molecule has 0 unspecified atom stereocenters. The van der Waals surface area contributed by atoms with Crippen molar-refractivity contribution in [2.45, 2.75) is 58.3 Å². The first-order valence-corrected chi connectivity index (χ1v) is 8.07. The molecule has 0 aliphatic heterocycles. The van der Waals surface area contributed by atoms with Gasteiger partial charge in [-0.3, -0.25) is 4.79 Å². The van der Waals surface area contributed by atoms with Crippen LogP contribution in [0.2, 0.25) is 0 Å². The number of hydrogen-bond donors (Lipinski definition) is 0. The molecule has 0 heterocycles. The maximum atomic E-state index is 10.0. The van der Waals surface area contributed by atoms with Crippen molar-refractivity contribution < 1.29 is 14.3 Å². The van der Waals surface area contributed by atoms with E-state index in [2.05, 4.69) is 6.92 Å². The predicted molar refractivity (Wildman–Crippen MR) is 85.7 cm³/mol. The maximum Gasteiger partial charge on any atom is 0.198 e. The quantitative estimate of drug-likeness (QED) is 0.494. The standard InChI is InChI=1S/C18H27O3/c1-2-3-4-8-15-20-17-10-12-18(13-11-17)21-16-9-6-5-7-14-19/h10-13H,2-9,15-16H2,1H3. The van der Waals surface area contributed by atoms with Crippen molar-refractivity contribution >= 4 is 6.29 Å². The molecule has 0 saturated heterocycles. The molecule has 0 aromatic heterocycles. The molecule has 0 spiro atoms. The Balaban J connectivity index is 2.10. The first-order valence-electron chi connectivity index (χ1n) is 8.07. The Morgan fingerprint density at radius 1 is 0.810 bits per heavy atom. The lowest BCUT2D eigenvalue weighted by molar-refractivity contribution is 0.297. The molecule has 0 bridgehead atoms. The lowest BCUT2D eigenvalue weighted by Gasteiger charge is -2.08. The molecule has 0 saturated carbocycles. The van der Waals surface area contributed by atoms with Crippen molar-refractivity contribution in [1.29, 1.82) is 0 Å². The van der Waals surface area contributed by atoms with Crippen LogP contribution in [0.5, 0.6) is 11.5 Å². The summed E-state index contributed by atoms with van der Waals surface area (Å²) in [5, 5.41) is 0. The van der Waals surface area contributed by atoms with Gasteiger partial charge in [0, 0.05) is 6.42 Å². The van der Waals surface area contributed by atoms with Crippen LogP contribution in [0.1, 0.15) is 58.3 Å². The van der Waals surface area contributed by atoms with Crippen molar-refractivity contribution in [2.75, 3.05) is 13.2 Å². The summed E-state index contributed by atoms with van der Waals surface area (Å²) in [5.74, 6) is 1.77. The van der Waals surface area contributed by atoms with Crippen LogP contribution in [0.3, 0.4) is 0 Å². The summed E-state index contributed by atoms with van der Waals surface area (Å²) in [7, 11) is 0. The molecule has 117 valence electrons. The van der Waals surface area contributed by atoms with Crippen LogP contribution in [0.25, 0.3) is 0 Å². The van der Waals surface area contributed by atoms with Gasteiger partial charge in [0.15, 0.2) is 6.29 Å². The number of ether oxygens (including phenoxy) is 2. The highest BCUT2D eigenvalue weighted by Gasteiger charge is 1.97. The van der Waals surface area contributed by atoms with E-state index in [1.54, 1.807) is 0 Å². The van der Waals surface area contributed by atoms with Crippen LogP contribution < -0.4 is 9.47 Å². The molecular weight excluding hydrogens is 264 g/mol. The topological polar surface area (TPSA) is 35.5 Å². The van der Waals surface area contributed by atoms with Crippen LogP contribution in [-0.2, 0) is 4.79 Å². The second-order valence-electron chi connectivity index (χ2n) is 5.18. The predicted octanol–water partition coefficient (Wildman–Crippen LogP) is 4.69. The van der Waals surface area contributed by atoms with Gasteiger partial charge in [0.05, 0.1) is 13.2 Å². The van der Waals surface area contributed by atoms with Gasteiger partial charge in [0.25, 0.3) is 0 Å². The molecule has 1 aromatic rings. The maximum absolute atomic E-state index is 10.0. The van der Waals surface area contributed by atoms with Gasteiger partial charge in [-0.1, -0.05) is 26.2 Å². The van der Waals surface area contributed by atoms with Crippen molar-refractivity contribution in [3.05, 3.63) is 24.3 Å². The SMILES string of the molecule is CCCCCCOc1ccc(OCCCCC[C]=O)cc1. The third kappa shape index (κ3) is 9.11. The average Bonchev–Trinajstić information content (AvgIpc) is 2.52. The molecule has 21 heavy (non-hydrogen) atoms. The summed E-state index contributed by atoms with van der Waals surface area (Å²) in [6.45, 7) is 3.68. The summed E-state index contributed by atoms with van der Waals surface area (Å²) in [4.78, 5) is 10.0. The Labute approximate surface area is 128 Å². The summed E-state index contributed by atoms with van der Waals surface area (Å²) in [6, 6.07) is 7.80. The van der Waals surface area contributed by atoms with Crippen molar-refractivity contribution in [1.82, 2.24) is 0 Å². The van der Waals surface area contributed by atoms with Gasteiger partial charge in [-0.2, -0.15) is 0 Å². The molecule has 0 aliphatic rings. The van der Waals surface area contributed by atoms with Gasteiger partial charge in [0.1, 0.15) is 11.5 Å². The third-order valence-corrected chi connectivity index (χ3v) is 3.28. The third-order valence-electron chi connectivity index (χ3n) is 3.28. The molecular formula is C18H27O3. The Morgan fingerprint density at radius 2 is 1.33 bits per heavy atom. The largest absolute Gasteiger partial charge is 0.494 e. The molecule has 0 fully saturated rings. The highest BCUT2D eigenvalue weighted by molar-refractivity contribution is 5.50. The van der Waals surface area contributed by atoms with Crippen molar-refractivity contribution in [2.24, 2.45) is 0 Å². The Morgan fingerprint density at radius 3 is 1.81 bits per heavy atom. The fraction of sp³-hybridized carbons (Fsp3) is 0.611. The number of unbranched alkanes of at least 4 members (excludes halogenated alkanes) is 6. The molecule has 1 aromatic carbocycles. The lowest BCUT2D eigenvalue weighted by atomic mass is 10.2. The summed E-state index contributed by atoms with van der Waals surface area (Å²) in [6.07, 6.45) is 10.2. The summed E-state index contributed by atoms with van der Waals surface area (Å²) >= 11 is 0. The van der Waals surface area contributed by atoms with Gasteiger partial charge in [0.2, 0.25) is 0 Å². The van der Waals surface area contributed by atoms with Gasteiger partial charge in [-0.15, -0.1) is 0 Å². The van der Waals surface area contributed by atoms with Crippen LogP contribution in [-0.4, -0.2) is 19.5 Å². The van der Waals surface area contributed by atoms with Crippen molar-refractivity contribution in [3.63, 3.8) is 0 Å². The van der Waals surface area contributed by atoms with Crippen LogP contribution in [0.4, 0.5) is 0 Å². The fourth-order valence-electron chi connectivity index (χ4n) is 2.02. The zero-order valence-corrected chi connectivity index (χ0v) is 13.1. The van der Waals surface area contributed by atoms with E-state index in [1.807, 2.05) is 30.6 Å². The minimum Gasteiger partial charge on any atom is -0.494 e. The van der Waals surface area contributed by atoms with Gasteiger partial charge in [-0.25, -0.2) is 0 Å². The summed E-state index contributed by atoms with van der Waals surface area (Å²) in [5.41, 5.74) is 0. The van der Waals surface area contributed by atoms with Crippen molar-refractivity contribution in [3.8, 4) is 11.5 Å². The highest BCUT2D eigenvalue weighted by atomic mass is 16.5. The molecule has 0 N–H and O–H groups in total. The van der Waals surface area contributed by atoms with E-state index in [1.165, 1.54) is 19.3 Å². The van der Waals surface area contributed by atoms with E-state index in [9.17, 15) is 4.79 Å². The molecule has 3 nitrogen and oxygen atoms in total. The minimum absolute atomic E-state index is 0.532. The van der Waals surface area contributed by atoms with Gasteiger partial charge < -0.3 is 9.47 Å². The number of rotatable bonds is 13. The fourth-order valence-corrected chi connectivity index (χ4v) is 2.02. The van der Waals surface area contributed by atoms with E-state index in [0.29, 0.717) is 13.0 Å². The first kappa shape index (κ1) is 17.5. The van der Waals surface area contributed by atoms with Crippen LogP contribution >= 0.6 is 0 Å². The van der Waals surface area contributed by atoms with E-state index in [-0.39, 0.29) is 0 Å². The zero-order valence-electron chi connectivity index (χ0n) is 13.1. The molecule has 0 atom stereocenters. The second kappa shape index (κ2) is 12.2. The Bertz CT molecular complexity index is 359. The van der Waals surface area contributed by atoms with Gasteiger partial charge >= 0.3 is 0 Å². The normalized spacial score (nSPS) is 10.3. The average molecular weight is 291 g/mol. The van der Waals surface area contributed by atoms with Gasteiger partial charge in [-0.05, 0) is 49.9 Å². The Hall–Kier alpha value is -1.51. The zero-order chi connectivity index (χ0) is 15.2. The van der Waals surface area contributed by atoms with E-state index in [0.717, 1.165) is 43.8 Å². The van der Waals surface area contributed by atoms with Crippen LogP contribution in [0, 0.1) is 0 Å². The number of benzene rings is 1. The Kier molecular flexibility index (Phi) is 10.2. The molecule has 1 rings (SSSR count). The monoisotopic (exact) mass is 291 g/mol. The van der Waals surface area contributed by atoms with E-state index < -0.39 is 0 Å². The molecule has 1 radical (unpaired) electrons. The number of carbonyl (C=O) groups excluding carboxylic acids is 1. The van der Waals surface area contributed by atoms with E-state index >= 15 is 0 Å². The molecule has 3 heteroatoms.